The smallest absolute Gasteiger partial charge is 0.137 e. The molecule has 0 spiro atoms. The summed E-state index contributed by atoms with van der Waals surface area (Å²) in [5.74, 6) is 2.09. The first-order chi connectivity index (χ1) is 12.0. The van der Waals surface area contributed by atoms with Crippen LogP contribution in [0.15, 0.2) is 41.8 Å². The van der Waals surface area contributed by atoms with Gasteiger partial charge in [-0.25, -0.2) is 4.98 Å². The number of hydrogen-bond acceptors (Lipinski definition) is 4. The van der Waals surface area contributed by atoms with Crippen molar-refractivity contribution in [3.8, 4) is 0 Å². The van der Waals surface area contributed by atoms with E-state index in [1.165, 1.54) is 17.7 Å². The van der Waals surface area contributed by atoms with Gasteiger partial charge >= 0.3 is 0 Å². The van der Waals surface area contributed by atoms with Crippen LogP contribution in [0.25, 0.3) is 0 Å². The van der Waals surface area contributed by atoms with Crippen molar-refractivity contribution in [1.82, 2.24) is 14.8 Å². The maximum absolute atomic E-state index is 5.99. The average molecular weight is 380 g/mol. The van der Waals surface area contributed by atoms with Crippen molar-refractivity contribution in [3.63, 3.8) is 0 Å². The molecular formula is C19H26ClN3OS. The second kappa shape index (κ2) is 8.11. The molecule has 3 atom stereocenters. The summed E-state index contributed by atoms with van der Waals surface area (Å²) < 4.78 is 7.92. The van der Waals surface area contributed by atoms with Crippen LogP contribution >= 0.6 is 23.4 Å². The third kappa shape index (κ3) is 4.57. The summed E-state index contributed by atoms with van der Waals surface area (Å²) in [5, 5.41) is 5.10. The zero-order valence-corrected chi connectivity index (χ0v) is 16.6. The van der Waals surface area contributed by atoms with Gasteiger partial charge in [-0.2, -0.15) is 5.10 Å². The Labute approximate surface area is 159 Å². The van der Waals surface area contributed by atoms with Gasteiger partial charge in [-0.3, -0.25) is 4.68 Å². The molecule has 0 radical (unpaired) electrons. The van der Waals surface area contributed by atoms with Gasteiger partial charge in [0.25, 0.3) is 0 Å². The molecule has 1 heterocycles. The van der Waals surface area contributed by atoms with Crippen LogP contribution in [0.4, 0.5) is 0 Å². The molecule has 1 aliphatic rings. The maximum Gasteiger partial charge on any atom is 0.137 e. The molecule has 0 unspecified atom stereocenters. The van der Waals surface area contributed by atoms with E-state index in [1.807, 2.05) is 35.7 Å². The monoisotopic (exact) mass is 379 g/mol. The minimum absolute atomic E-state index is 0.182. The van der Waals surface area contributed by atoms with Gasteiger partial charge in [0.1, 0.15) is 12.7 Å². The maximum atomic E-state index is 5.99. The van der Waals surface area contributed by atoms with Gasteiger partial charge < -0.3 is 4.74 Å². The molecule has 1 aromatic carbocycles. The highest BCUT2D eigenvalue weighted by Crippen LogP contribution is 2.45. The predicted molar refractivity (Wildman–Crippen MR) is 103 cm³/mol. The fraction of sp³-hybridized carbons (Fsp3) is 0.579. The summed E-state index contributed by atoms with van der Waals surface area (Å²) >= 11 is 7.90. The van der Waals surface area contributed by atoms with Crippen LogP contribution in [-0.2, 0) is 11.3 Å². The molecule has 2 aromatic rings. The molecular weight excluding hydrogens is 354 g/mol. The van der Waals surface area contributed by atoms with E-state index >= 15 is 0 Å². The van der Waals surface area contributed by atoms with Gasteiger partial charge in [0.05, 0.1) is 6.10 Å². The van der Waals surface area contributed by atoms with E-state index in [1.54, 1.807) is 12.7 Å². The van der Waals surface area contributed by atoms with Crippen LogP contribution < -0.4 is 0 Å². The second-order valence-corrected chi connectivity index (χ2v) is 9.02. The highest BCUT2D eigenvalue weighted by atomic mass is 35.5. The normalized spacial score (nSPS) is 25.8. The Morgan fingerprint density at radius 1 is 1.32 bits per heavy atom. The Kier molecular flexibility index (Phi) is 6.08. The summed E-state index contributed by atoms with van der Waals surface area (Å²) in [7, 11) is 1.84. The van der Waals surface area contributed by atoms with Crippen LogP contribution in [0.2, 0.25) is 5.02 Å². The third-order valence-electron chi connectivity index (χ3n) is 5.32. The zero-order valence-electron chi connectivity index (χ0n) is 15.1. The molecule has 0 bridgehead atoms. The molecule has 0 N–H and O–H groups in total. The van der Waals surface area contributed by atoms with E-state index < -0.39 is 0 Å². The van der Waals surface area contributed by atoms with E-state index in [9.17, 15) is 0 Å². The summed E-state index contributed by atoms with van der Waals surface area (Å²) in [6.45, 7) is 5.49. The van der Waals surface area contributed by atoms with E-state index in [0.29, 0.717) is 11.8 Å². The second-order valence-electron chi connectivity index (χ2n) is 7.49. The van der Waals surface area contributed by atoms with Crippen LogP contribution in [0.1, 0.15) is 26.7 Å². The summed E-state index contributed by atoms with van der Waals surface area (Å²) in [6.07, 6.45) is 6.03. The van der Waals surface area contributed by atoms with Crippen molar-refractivity contribution in [2.24, 2.45) is 17.3 Å². The molecule has 1 saturated carbocycles. The first-order valence-electron chi connectivity index (χ1n) is 8.73. The molecule has 0 aliphatic heterocycles. The van der Waals surface area contributed by atoms with Crippen molar-refractivity contribution >= 4 is 23.4 Å². The first kappa shape index (κ1) is 18.7. The Hall–Kier alpha value is -1.04. The number of methoxy groups -OCH3 is 1. The van der Waals surface area contributed by atoms with E-state index in [4.69, 9.17) is 16.3 Å². The first-order valence-corrected chi connectivity index (χ1v) is 10.1. The lowest BCUT2D eigenvalue weighted by atomic mass is 9.65. The Bertz CT molecular complexity index is 660. The lowest BCUT2D eigenvalue weighted by molar-refractivity contribution is -0.0869. The Morgan fingerprint density at radius 2 is 2.08 bits per heavy atom. The molecule has 25 heavy (non-hydrogen) atoms. The van der Waals surface area contributed by atoms with Gasteiger partial charge in [-0.1, -0.05) is 25.4 Å². The van der Waals surface area contributed by atoms with E-state index in [2.05, 4.69) is 36.1 Å². The number of ether oxygens (including phenoxy) is 1. The summed E-state index contributed by atoms with van der Waals surface area (Å²) in [4.78, 5) is 5.36. The van der Waals surface area contributed by atoms with Gasteiger partial charge in [0, 0.05) is 35.2 Å². The van der Waals surface area contributed by atoms with Crippen molar-refractivity contribution in [2.75, 3.05) is 12.9 Å². The van der Waals surface area contributed by atoms with Gasteiger partial charge in [0.15, 0.2) is 0 Å². The molecule has 0 amide bonds. The van der Waals surface area contributed by atoms with Crippen LogP contribution in [0, 0.1) is 17.3 Å². The van der Waals surface area contributed by atoms with Gasteiger partial charge in [-0.15, -0.1) is 11.8 Å². The number of hydrogen-bond donors (Lipinski definition) is 0. The van der Waals surface area contributed by atoms with Crippen LogP contribution in [0.3, 0.4) is 0 Å². The average Bonchev–Trinajstić information content (AvgIpc) is 3.08. The quantitative estimate of drug-likeness (QED) is 0.676. The SMILES string of the molecule is CO[C@@H]1[C@@H](Cn2cncn2)[C@H](CSc2ccc(Cl)cc2)CCC1(C)C. The topological polar surface area (TPSA) is 39.9 Å². The van der Waals surface area contributed by atoms with Crippen molar-refractivity contribution in [3.05, 3.63) is 41.9 Å². The van der Waals surface area contributed by atoms with Crippen LogP contribution in [-0.4, -0.2) is 33.7 Å². The standard InChI is InChI=1S/C19H26ClN3OS/c1-19(2)9-8-14(11-25-16-6-4-15(20)5-7-16)17(18(19)24-3)10-23-13-21-12-22-23/h4-7,12-14,17-18H,8-11H2,1-3H3/t14-,17-,18+/m0/s1. The molecule has 4 nitrogen and oxygen atoms in total. The highest BCUT2D eigenvalue weighted by molar-refractivity contribution is 7.99. The fourth-order valence-electron chi connectivity index (χ4n) is 3.96. The lowest BCUT2D eigenvalue weighted by Gasteiger charge is -2.47. The Morgan fingerprint density at radius 3 is 2.72 bits per heavy atom. The minimum atomic E-state index is 0.182. The number of aromatic nitrogens is 3. The molecule has 6 heteroatoms. The molecule has 1 fully saturated rings. The number of rotatable bonds is 6. The number of nitrogens with zero attached hydrogens (tertiary/aromatic N) is 3. The predicted octanol–water partition coefficient (Wildman–Crippen LogP) is 4.79. The van der Waals surface area contributed by atoms with E-state index in [0.717, 1.165) is 17.3 Å². The number of thioether (sulfide) groups is 1. The zero-order chi connectivity index (χ0) is 17.9. The molecule has 1 aliphatic carbocycles. The third-order valence-corrected chi connectivity index (χ3v) is 6.77. The fourth-order valence-corrected chi connectivity index (χ4v) is 5.24. The lowest BCUT2D eigenvalue weighted by Crippen LogP contribution is -2.48. The van der Waals surface area contributed by atoms with Crippen molar-refractivity contribution < 1.29 is 4.74 Å². The summed E-state index contributed by atoms with van der Waals surface area (Å²) in [6, 6.07) is 8.11. The number of benzene rings is 1. The van der Waals surface area contributed by atoms with Crippen molar-refractivity contribution in [2.45, 2.75) is 44.2 Å². The number of halogens is 1. The van der Waals surface area contributed by atoms with Gasteiger partial charge in [-0.05, 0) is 48.4 Å². The van der Waals surface area contributed by atoms with E-state index in [-0.39, 0.29) is 11.5 Å². The molecule has 3 rings (SSSR count). The van der Waals surface area contributed by atoms with Crippen LogP contribution in [0.5, 0.6) is 0 Å². The van der Waals surface area contributed by atoms with Crippen molar-refractivity contribution in [1.29, 1.82) is 0 Å². The largest absolute Gasteiger partial charge is 0.381 e. The highest BCUT2D eigenvalue weighted by Gasteiger charge is 2.44. The molecule has 0 saturated heterocycles. The summed E-state index contributed by atoms with van der Waals surface area (Å²) in [5.41, 5.74) is 0.182. The molecule has 136 valence electrons. The minimum Gasteiger partial charge on any atom is -0.381 e. The molecule has 1 aromatic heterocycles. The Balaban J connectivity index is 1.73. The van der Waals surface area contributed by atoms with Gasteiger partial charge in [0.2, 0.25) is 0 Å².